The molecule has 7 heteroatoms. The molecule has 1 aliphatic heterocycles. The third-order valence-electron chi connectivity index (χ3n) is 3.64. The highest BCUT2D eigenvalue weighted by molar-refractivity contribution is 5.84. The highest BCUT2D eigenvalue weighted by atomic mass is 16.4. The molecule has 7 nitrogen and oxygen atoms in total. The van der Waals surface area contributed by atoms with E-state index in [2.05, 4.69) is 5.32 Å². The van der Waals surface area contributed by atoms with Gasteiger partial charge < -0.3 is 24.8 Å². The molecule has 1 unspecified atom stereocenters. The minimum atomic E-state index is -1.14. The van der Waals surface area contributed by atoms with Crippen LogP contribution in [0.1, 0.15) is 42.5 Å². The van der Waals surface area contributed by atoms with E-state index in [1.807, 2.05) is 0 Å². The normalized spacial score (nSPS) is 22.7. The first kappa shape index (κ1) is 15.4. The van der Waals surface area contributed by atoms with Crippen molar-refractivity contribution in [2.24, 2.45) is 0 Å². The third kappa shape index (κ3) is 4.22. The second kappa shape index (κ2) is 6.17. The number of hydrogen-bond acceptors (Lipinski definition) is 4. The van der Waals surface area contributed by atoms with Crippen molar-refractivity contribution in [2.45, 2.75) is 38.3 Å². The summed E-state index contributed by atoms with van der Waals surface area (Å²) in [5.74, 6) is -0.894. The van der Waals surface area contributed by atoms with Gasteiger partial charge in [-0.25, -0.2) is 9.59 Å². The molecule has 0 spiro atoms. The summed E-state index contributed by atoms with van der Waals surface area (Å²) in [6.07, 6.45) is 1.98. The molecule has 1 aromatic rings. The Morgan fingerprint density at radius 3 is 2.81 bits per heavy atom. The lowest BCUT2D eigenvalue weighted by Gasteiger charge is -2.22. The molecule has 0 aromatic carbocycles. The van der Waals surface area contributed by atoms with Gasteiger partial charge in [0.15, 0.2) is 0 Å². The lowest BCUT2D eigenvalue weighted by Crippen LogP contribution is -2.40. The van der Waals surface area contributed by atoms with E-state index in [1.54, 1.807) is 11.8 Å². The molecule has 0 radical (unpaired) electrons. The van der Waals surface area contributed by atoms with Crippen molar-refractivity contribution in [3.05, 3.63) is 23.7 Å². The van der Waals surface area contributed by atoms with E-state index < -0.39 is 11.6 Å². The number of likely N-dealkylation sites (tertiary alicyclic amines) is 1. The monoisotopic (exact) mass is 296 g/mol. The quantitative estimate of drug-likeness (QED) is 0.783. The molecule has 0 bridgehead atoms. The van der Waals surface area contributed by atoms with Gasteiger partial charge in [-0.15, -0.1) is 0 Å². The van der Waals surface area contributed by atoms with Gasteiger partial charge in [-0.2, -0.15) is 0 Å². The summed E-state index contributed by atoms with van der Waals surface area (Å²) in [5, 5.41) is 21.4. The van der Waals surface area contributed by atoms with E-state index in [0.29, 0.717) is 31.7 Å². The molecule has 2 amide bonds. The second-order valence-corrected chi connectivity index (χ2v) is 5.57. The Kier molecular flexibility index (Phi) is 4.52. The van der Waals surface area contributed by atoms with E-state index in [0.717, 1.165) is 6.42 Å². The Hall–Kier alpha value is -2.02. The topological polar surface area (TPSA) is 103 Å². The number of carboxylic acids is 1. The highest BCUT2D eigenvalue weighted by Gasteiger charge is 2.26. The number of aliphatic hydroxyl groups is 1. The van der Waals surface area contributed by atoms with Crippen molar-refractivity contribution < 1.29 is 24.2 Å². The molecule has 1 aromatic heterocycles. The van der Waals surface area contributed by atoms with Crippen LogP contribution in [0.5, 0.6) is 0 Å². The Labute approximate surface area is 122 Å². The first-order valence-corrected chi connectivity index (χ1v) is 6.94. The zero-order chi connectivity index (χ0) is 15.5. The van der Waals surface area contributed by atoms with Crippen LogP contribution in [0.25, 0.3) is 0 Å². The molecule has 0 saturated carbocycles. The SMILES string of the molecule is CC1(O)CCCN(C(=O)NCc2ccc(C(=O)O)o2)CC1. The molecule has 1 aliphatic rings. The van der Waals surface area contributed by atoms with E-state index in [4.69, 9.17) is 9.52 Å². The van der Waals surface area contributed by atoms with Gasteiger partial charge in [-0.05, 0) is 38.3 Å². The third-order valence-corrected chi connectivity index (χ3v) is 3.64. The molecule has 2 rings (SSSR count). The number of carbonyl (C=O) groups excluding carboxylic acids is 1. The molecule has 1 fully saturated rings. The summed E-state index contributed by atoms with van der Waals surface area (Å²) in [6, 6.07) is 2.64. The average molecular weight is 296 g/mol. The van der Waals surface area contributed by atoms with Crippen LogP contribution < -0.4 is 5.32 Å². The lowest BCUT2D eigenvalue weighted by molar-refractivity contribution is 0.0456. The standard InChI is InChI=1S/C14H20N2O5/c1-14(20)5-2-7-16(8-6-14)13(19)15-9-10-3-4-11(21-10)12(17)18/h3-4,20H,2,5-9H2,1H3,(H,15,19)(H,17,18). The molecule has 116 valence electrons. The summed E-state index contributed by atoms with van der Waals surface area (Å²) in [6.45, 7) is 3.02. The summed E-state index contributed by atoms with van der Waals surface area (Å²) in [4.78, 5) is 24.4. The van der Waals surface area contributed by atoms with Gasteiger partial charge >= 0.3 is 12.0 Å². The predicted octanol–water partition coefficient (Wildman–Crippen LogP) is 1.42. The van der Waals surface area contributed by atoms with Crippen LogP contribution >= 0.6 is 0 Å². The maximum Gasteiger partial charge on any atom is 0.371 e. The number of amides is 2. The van der Waals surface area contributed by atoms with Gasteiger partial charge in [-0.3, -0.25) is 0 Å². The molecular weight excluding hydrogens is 276 g/mol. The number of hydrogen-bond donors (Lipinski definition) is 3. The van der Waals surface area contributed by atoms with Gasteiger partial charge in [0.2, 0.25) is 5.76 Å². The number of nitrogens with zero attached hydrogens (tertiary/aromatic N) is 1. The van der Waals surface area contributed by atoms with Crippen molar-refractivity contribution in [1.29, 1.82) is 0 Å². The van der Waals surface area contributed by atoms with Crippen molar-refractivity contribution in [1.82, 2.24) is 10.2 Å². The van der Waals surface area contributed by atoms with Gasteiger partial charge in [0, 0.05) is 13.1 Å². The van der Waals surface area contributed by atoms with Crippen LogP contribution in [-0.2, 0) is 6.54 Å². The van der Waals surface area contributed by atoms with E-state index >= 15 is 0 Å². The molecule has 2 heterocycles. The fraction of sp³-hybridized carbons (Fsp3) is 0.571. The molecule has 21 heavy (non-hydrogen) atoms. The maximum atomic E-state index is 12.1. The number of furan rings is 1. The van der Waals surface area contributed by atoms with Crippen molar-refractivity contribution in [3.63, 3.8) is 0 Å². The summed E-state index contributed by atoms with van der Waals surface area (Å²) in [7, 11) is 0. The summed E-state index contributed by atoms with van der Waals surface area (Å²) >= 11 is 0. The molecular formula is C14H20N2O5. The van der Waals surface area contributed by atoms with Crippen molar-refractivity contribution in [2.75, 3.05) is 13.1 Å². The largest absolute Gasteiger partial charge is 0.475 e. The van der Waals surface area contributed by atoms with Crippen LogP contribution in [0, 0.1) is 0 Å². The van der Waals surface area contributed by atoms with Crippen LogP contribution in [-0.4, -0.2) is 45.8 Å². The predicted molar refractivity (Wildman–Crippen MR) is 74.0 cm³/mol. The van der Waals surface area contributed by atoms with Gasteiger partial charge in [0.25, 0.3) is 0 Å². The van der Waals surface area contributed by atoms with Crippen LogP contribution in [0.2, 0.25) is 0 Å². The number of nitrogens with one attached hydrogen (secondary N) is 1. The summed E-state index contributed by atoms with van der Waals surface area (Å²) < 4.78 is 5.07. The minimum absolute atomic E-state index is 0.138. The van der Waals surface area contributed by atoms with Gasteiger partial charge in [-0.1, -0.05) is 0 Å². The molecule has 0 aliphatic carbocycles. The molecule has 3 N–H and O–H groups in total. The Morgan fingerprint density at radius 1 is 1.38 bits per heavy atom. The number of carbonyl (C=O) groups is 2. The average Bonchev–Trinajstić information content (AvgIpc) is 2.81. The number of urea groups is 1. The fourth-order valence-corrected chi connectivity index (χ4v) is 2.33. The molecule has 1 saturated heterocycles. The number of aromatic carboxylic acids is 1. The second-order valence-electron chi connectivity index (χ2n) is 5.57. The Bertz CT molecular complexity index is 523. The number of rotatable bonds is 3. The summed E-state index contributed by atoms with van der Waals surface area (Å²) in [5.41, 5.74) is -0.716. The van der Waals surface area contributed by atoms with E-state index in [1.165, 1.54) is 12.1 Å². The molecule has 1 atom stereocenters. The fourth-order valence-electron chi connectivity index (χ4n) is 2.33. The van der Waals surface area contributed by atoms with Crippen LogP contribution in [0.3, 0.4) is 0 Å². The van der Waals surface area contributed by atoms with Gasteiger partial charge in [0.1, 0.15) is 5.76 Å². The maximum absolute atomic E-state index is 12.1. The Morgan fingerprint density at radius 2 is 2.14 bits per heavy atom. The van der Waals surface area contributed by atoms with Crippen LogP contribution in [0.15, 0.2) is 16.5 Å². The number of carboxylic acid groups (broad SMARTS) is 1. The first-order chi connectivity index (χ1) is 9.87. The smallest absolute Gasteiger partial charge is 0.371 e. The minimum Gasteiger partial charge on any atom is -0.475 e. The van der Waals surface area contributed by atoms with E-state index in [9.17, 15) is 14.7 Å². The first-order valence-electron chi connectivity index (χ1n) is 6.94. The van der Waals surface area contributed by atoms with Crippen molar-refractivity contribution in [3.8, 4) is 0 Å². The lowest BCUT2D eigenvalue weighted by atomic mass is 9.98. The van der Waals surface area contributed by atoms with Crippen molar-refractivity contribution >= 4 is 12.0 Å². The van der Waals surface area contributed by atoms with Gasteiger partial charge in [0.05, 0.1) is 12.1 Å². The van der Waals surface area contributed by atoms with Crippen LogP contribution in [0.4, 0.5) is 4.79 Å². The van der Waals surface area contributed by atoms with E-state index in [-0.39, 0.29) is 18.3 Å². The zero-order valence-corrected chi connectivity index (χ0v) is 12.0. The Balaban J connectivity index is 1.85. The zero-order valence-electron chi connectivity index (χ0n) is 12.0. The highest BCUT2D eigenvalue weighted by Crippen LogP contribution is 2.21.